The third kappa shape index (κ3) is 0.845. The summed E-state index contributed by atoms with van der Waals surface area (Å²) in [5, 5.41) is 0. The Morgan fingerprint density at radius 3 is 2.80 bits per heavy atom. The fraction of sp³-hybridized carbons (Fsp3) is 0.778. The molecule has 0 saturated carbocycles. The normalized spacial score (nSPS) is 25.5. The Kier molecular flexibility index (Phi) is 1.44. The topological polar surface area (TPSA) is 3.24 Å². The van der Waals surface area contributed by atoms with E-state index in [0.29, 0.717) is 0 Å². The van der Waals surface area contributed by atoms with Gasteiger partial charge in [0.15, 0.2) is 0 Å². The van der Waals surface area contributed by atoms with Crippen LogP contribution in [0.1, 0.15) is 32.6 Å². The summed E-state index contributed by atoms with van der Waals surface area (Å²) in [7, 11) is 0. The smallest absolute Gasteiger partial charge is 0.0212 e. The van der Waals surface area contributed by atoms with Crippen LogP contribution in [0.5, 0.6) is 0 Å². The molecule has 1 fully saturated rings. The average molecular weight is 137 g/mol. The number of hydrogen-bond acceptors (Lipinski definition) is 1. The summed E-state index contributed by atoms with van der Waals surface area (Å²) >= 11 is 0. The molecule has 1 nitrogen and oxygen atoms in total. The van der Waals surface area contributed by atoms with Gasteiger partial charge in [-0.25, -0.2) is 0 Å². The third-order valence-corrected chi connectivity index (χ3v) is 2.72. The number of nitrogens with zero attached hydrogens (tertiary/aromatic N) is 1. The van der Waals surface area contributed by atoms with Crippen LogP contribution in [0.3, 0.4) is 0 Å². The summed E-state index contributed by atoms with van der Waals surface area (Å²) in [6, 6.07) is 0. The average Bonchev–Trinajstić information content (AvgIpc) is 2.34. The molecule has 10 heavy (non-hydrogen) atoms. The molecule has 0 radical (unpaired) electrons. The fourth-order valence-corrected chi connectivity index (χ4v) is 2.07. The summed E-state index contributed by atoms with van der Waals surface area (Å²) in [6.45, 7) is 4.93. The van der Waals surface area contributed by atoms with Crippen LogP contribution in [-0.2, 0) is 0 Å². The molecule has 0 aromatic carbocycles. The van der Waals surface area contributed by atoms with Crippen molar-refractivity contribution in [2.75, 3.05) is 13.1 Å². The minimum atomic E-state index is 1.31. The van der Waals surface area contributed by atoms with E-state index in [9.17, 15) is 0 Å². The van der Waals surface area contributed by atoms with Gasteiger partial charge in [-0.2, -0.15) is 0 Å². The number of rotatable bonds is 0. The van der Waals surface area contributed by atoms with Crippen molar-refractivity contribution in [3.05, 3.63) is 11.3 Å². The van der Waals surface area contributed by atoms with Crippen molar-refractivity contribution in [2.45, 2.75) is 32.6 Å². The molecule has 56 valence electrons. The lowest BCUT2D eigenvalue weighted by atomic mass is 10.1. The molecule has 0 atom stereocenters. The lowest BCUT2D eigenvalue weighted by Crippen LogP contribution is -2.24. The standard InChI is InChI=1S/C9H15N/c1-8-5-7-10-6-3-2-4-9(8)10/h2-7H2,1H3. The molecule has 0 unspecified atom stereocenters. The van der Waals surface area contributed by atoms with E-state index in [2.05, 4.69) is 11.8 Å². The van der Waals surface area contributed by atoms with Gasteiger partial charge in [-0.15, -0.1) is 0 Å². The first-order valence-corrected chi connectivity index (χ1v) is 4.31. The first-order valence-electron chi connectivity index (χ1n) is 4.31. The molecule has 0 N–H and O–H groups in total. The van der Waals surface area contributed by atoms with Gasteiger partial charge >= 0.3 is 0 Å². The minimum Gasteiger partial charge on any atom is -0.375 e. The third-order valence-electron chi connectivity index (χ3n) is 2.72. The lowest BCUT2D eigenvalue weighted by Gasteiger charge is -2.27. The molecule has 2 aliphatic heterocycles. The predicted octanol–water partition coefficient (Wildman–Crippen LogP) is 2.15. The van der Waals surface area contributed by atoms with E-state index in [1.54, 1.807) is 11.3 Å². The zero-order valence-corrected chi connectivity index (χ0v) is 6.69. The zero-order valence-electron chi connectivity index (χ0n) is 6.69. The summed E-state index contributed by atoms with van der Waals surface area (Å²) < 4.78 is 0. The summed E-state index contributed by atoms with van der Waals surface area (Å²) in [4.78, 5) is 2.57. The van der Waals surface area contributed by atoms with Gasteiger partial charge in [0.2, 0.25) is 0 Å². The van der Waals surface area contributed by atoms with Crippen LogP contribution in [-0.4, -0.2) is 18.0 Å². The Hall–Kier alpha value is -0.460. The van der Waals surface area contributed by atoms with Gasteiger partial charge in [-0.1, -0.05) is 5.57 Å². The molecule has 1 saturated heterocycles. The van der Waals surface area contributed by atoms with Crippen LogP contribution in [0.15, 0.2) is 11.3 Å². The molecule has 2 aliphatic rings. The van der Waals surface area contributed by atoms with Crippen molar-refractivity contribution < 1.29 is 0 Å². The highest BCUT2D eigenvalue weighted by Crippen LogP contribution is 2.30. The second-order valence-electron chi connectivity index (χ2n) is 3.42. The Morgan fingerprint density at radius 2 is 2.00 bits per heavy atom. The van der Waals surface area contributed by atoms with Crippen molar-refractivity contribution in [3.8, 4) is 0 Å². The Balaban J connectivity index is 2.18. The monoisotopic (exact) mass is 137 g/mol. The first kappa shape index (κ1) is 6.26. The molecular weight excluding hydrogens is 122 g/mol. The molecule has 0 amide bonds. The predicted molar refractivity (Wildman–Crippen MR) is 42.7 cm³/mol. The zero-order chi connectivity index (χ0) is 6.97. The van der Waals surface area contributed by atoms with Crippen molar-refractivity contribution >= 4 is 0 Å². The molecule has 0 aromatic rings. The maximum atomic E-state index is 2.57. The second-order valence-corrected chi connectivity index (χ2v) is 3.42. The van der Waals surface area contributed by atoms with E-state index in [0.717, 1.165) is 0 Å². The van der Waals surface area contributed by atoms with Crippen LogP contribution >= 0.6 is 0 Å². The molecule has 1 heteroatoms. The van der Waals surface area contributed by atoms with Crippen LogP contribution in [0.25, 0.3) is 0 Å². The molecule has 0 aliphatic carbocycles. The highest BCUT2D eigenvalue weighted by molar-refractivity contribution is 5.18. The Labute approximate surface area is 62.7 Å². The van der Waals surface area contributed by atoms with E-state index in [1.165, 1.54) is 38.8 Å². The highest BCUT2D eigenvalue weighted by atomic mass is 15.2. The molecule has 0 aromatic heterocycles. The van der Waals surface area contributed by atoms with Gasteiger partial charge in [0.05, 0.1) is 0 Å². The lowest BCUT2D eigenvalue weighted by molar-refractivity contribution is 0.317. The van der Waals surface area contributed by atoms with E-state index >= 15 is 0 Å². The number of hydrogen-bond donors (Lipinski definition) is 0. The molecule has 2 rings (SSSR count). The quantitative estimate of drug-likeness (QED) is 0.494. The van der Waals surface area contributed by atoms with Crippen molar-refractivity contribution in [3.63, 3.8) is 0 Å². The number of allylic oxidation sites excluding steroid dienone is 1. The van der Waals surface area contributed by atoms with Gasteiger partial charge in [0, 0.05) is 18.8 Å². The van der Waals surface area contributed by atoms with E-state index in [4.69, 9.17) is 0 Å². The van der Waals surface area contributed by atoms with Gasteiger partial charge in [0.25, 0.3) is 0 Å². The second kappa shape index (κ2) is 2.30. The van der Waals surface area contributed by atoms with Crippen molar-refractivity contribution in [2.24, 2.45) is 0 Å². The summed E-state index contributed by atoms with van der Waals surface area (Å²) in [5.74, 6) is 0. The molecule has 0 bridgehead atoms. The molecule has 2 heterocycles. The first-order chi connectivity index (χ1) is 4.88. The van der Waals surface area contributed by atoms with Gasteiger partial charge in [-0.05, 0) is 32.6 Å². The summed E-state index contributed by atoms with van der Waals surface area (Å²) in [5.41, 5.74) is 3.32. The van der Waals surface area contributed by atoms with E-state index < -0.39 is 0 Å². The van der Waals surface area contributed by atoms with Crippen LogP contribution in [0.4, 0.5) is 0 Å². The Morgan fingerprint density at radius 1 is 1.10 bits per heavy atom. The van der Waals surface area contributed by atoms with Crippen LogP contribution in [0.2, 0.25) is 0 Å². The minimum absolute atomic E-state index is 1.31. The van der Waals surface area contributed by atoms with Crippen LogP contribution in [0, 0.1) is 0 Å². The summed E-state index contributed by atoms with van der Waals surface area (Å²) in [6.07, 6.45) is 5.52. The molecule has 0 spiro atoms. The Bertz CT molecular complexity index is 170. The maximum absolute atomic E-state index is 2.57. The van der Waals surface area contributed by atoms with Gasteiger partial charge in [0.1, 0.15) is 0 Å². The SMILES string of the molecule is CC1=C2CCCCN2CC1. The van der Waals surface area contributed by atoms with Gasteiger partial charge in [-0.3, -0.25) is 0 Å². The number of fused-ring (bicyclic) bond motifs is 1. The van der Waals surface area contributed by atoms with Crippen LogP contribution < -0.4 is 0 Å². The highest BCUT2D eigenvalue weighted by Gasteiger charge is 2.21. The maximum Gasteiger partial charge on any atom is 0.0212 e. The van der Waals surface area contributed by atoms with Crippen molar-refractivity contribution in [1.82, 2.24) is 4.90 Å². The largest absolute Gasteiger partial charge is 0.375 e. The van der Waals surface area contributed by atoms with Gasteiger partial charge < -0.3 is 4.90 Å². The van der Waals surface area contributed by atoms with E-state index in [-0.39, 0.29) is 0 Å². The number of piperidine rings is 1. The van der Waals surface area contributed by atoms with E-state index in [1.807, 2.05) is 0 Å². The fourth-order valence-electron chi connectivity index (χ4n) is 2.07. The molecular formula is C9H15N. The van der Waals surface area contributed by atoms with Crippen molar-refractivity contribution in [1.29, 1.82) is 0 Å².